The summed E-state index contributed by atoms with van der Waals surface area (Å²) < 4.78 is 4.84. The second kappa shape index (κ2) is 9.80. The first kappa shape index (κ1) is 16.0. The number of rotatable bonds is 8. The summed E-state index contributed by atoms with van der Waals surface area (Å²) in [7, 11) is 1.59. The molecule has 0 fully saturated rings. The highest BCUT2D eigenvalue weighted by molar-refractivity contribution is 5.79. The predicted molar refractivity (Wildman–Crippen MR) is 79.3 cm³/mol. The molecule has 0 radical (unpaired) electrons. The van der Waals surface area contributed by atoms with Gasteiger partial charge in [0.1, 0.15) is 0 Å². The molecule has 0 spiro atoms. The highest BCUT2D eigenvalue weighted by atomic mass is 16.5. The minimum atomic E-state index is -0.0367. The van der Waals surface area contributed by atoms with Crippen molar-refractivity contribution in [3.05, 3.63) is 35.9 Å². The summed E-state index contributed by atoms with van der Waals surface area (Å²) in [4.78, 5) is 15.6. The molecule has 1 aromatic rings. The smallest absolute Gasteiger partial charge is 0.221 e. The molecule has 110 valence electrons. The predicted octanol–water partition coefficient (Wildman–Crippen LogP) is 0.244. The summed E-state index contributed by atoms with van der Waals surface area (Å²) in [5.74, 6) is 0.309. The highest BCUT2D eigenvalue weighted by Crippen LogP contribution is 1.99. The summed E-state index contributed by atoms with van der Waals surface area (Å²) in [6, 6.07) is 9.84. The first-order valence-corrected chi connectivity index (χ1v) is 6.55. The van der Waals surface area contributed by atoms with Crippen molar-refractivity contribution >= 4 is 11.9 Å². The number of ether oxygens (including phenoxy) is 1. The van der Waals surface area contributed by atoms with Crippen molar-refractivity contribution in [3.63, 3.8) is 0 Å². The van der Waals surface area contributed by atoms with Gasteiger partial charge >= 0.3 is 0 Å². The Kier molecular flexibility index (Phi) is 7.83. The Bertz CT molecular complexity index is 420. The zero-order valence-electron chi connectivity index (χ0n) is 11.8. The van der Waals surface area contributed by atoms with Crippen molar-refractivity contribution in [1.29, 1.82) is 0 Å². The number of nitrogens with zero attached hydrogens (tertiary/aromatic N) is 1. The Hall–Kier alpha value is -2.08. The lowest BCUT2D eigenvalue weighted by Gasteiger charge is -2.06. The average Bonchev–Trinajstić information content (AvgIpc) is 2.46. The number of hydrogen-bond donors (Lipinski definition) is 3. The number of nitrogens with two attached hydrogens (primary N) is 1. The second-order valence-electron chi connectivity index (χ2n) is 4.21. The van der Waals surface area contributed by atoms with E-state index in [0.717, 1.165) is 5.56 Å². The molecule has 0 saturated heterocycles. The quantitative estimate of drug-likeness (QED) is 0.361. The molecular formula is C14H22N4O2. The van der Waals surface area contributed by atoms with E-state index in [1.165, 1.54) is 0 Å². The second-order valence-corrected chi connectivity index (χ2v) is 4.21. The van der Waals surface area contributed by atoms with Crippen molar-refractivity contribution in [2.45, 2.75) is 13.0 Å². The Morgan fingerprint density at radius 1 is 1.25 bits per heavy atom. The van der Waals surface area contributed by atoms with Crippen LogP contribution in [0.5, 0.6) is 0 Å². The molecule has 0 aliphatic carbocycles. The van der Waals surface area contributed by atoms with Gasteiger partial charge in [-0.05, 0) is 5.56 Å². The van der Waals surface area contributed by atoms with Gasteiger partial charge in [-0.2, -0.15) is 0 Å². The third kappa shape index (κ3) is 7.38. The molecule has 0 heterocycles. The van der Waals surface area contributed by atoms with Gasteiger partial charge in [0.25, 0.3) is 0 Å². The van der Waals surface area contributed by atoms with Crippen LogP contribution >= 0.6 is 0 Å². The largest absolute Gasteiger partial charge is 0.383 e. The standard InChI is InChI=1S/C14H22N4O2/c1-20-10-9-16-13(19)7-8-17-14(15)18-11-12-5-3-2-4-6-12/h2-6H,7-11H2,1H3,(H,16,19)(H3,15,17,18). The summed E-state index contributed by atoms with van der Waals surface area (Å²) in [5, 5.41) is 5.64. The first-order valence-electron chi connectivity index (χ1n) is 6.55. The molecule has 1 rings (SSSR count). The van der Waals surface area contributed by atoms with E-state index in [2.05, 4.69) is 15.6 Å². The molecule has 20 heavy (non-hydrogen) atoms. The van der Waals surface area contributed by atoms with Gasteiger partial charge in [0.15, 0.2) is 5.96 Å². The Morgan fingerprint density at radius 3 is 2.70 bits per heavy atom. The van der Waals surface area contributed by atoms with Gasteiger partial charge in [0.2, 0.25) is 5.91 Å². The minimum absolute atomic E-state index is 0.0367. The fourth-order valence-electron chi connectivity index (χ4n) is 1.50. The minimum Gasteiger partial charge on any atom is -0.383 e. The topological polar surface area (TPSA) is 88.7 Å². The summed E-state index contributed by atoms with van der Waals surface area (Å²) in [6.45, 7) is 2.02. The van der Waals surface area contributed by atoms with Gasteiger partial charge in [0.05, 0.1) is 13.2 Å². The van der Waals surface area contributed by atoms with Crippen molar-refractivity contribution in [3.8, 4) is 0 Å². The summed E-state index contributed by atoms with van der Waals surface area (Å²) in [5.41, 5.74) is 6.81. The van der Waals surface area contributed by atoms with Crippen LogP contribution in [0.4, 0.5) is 0 Å². The molecule has 0 unspecified atom stereocenters. The van der Waals surface area contributed by atoms with E-state index in [0.29, 0.717) is 38.6 Å². The lowest BCUT2D eigenvalue weighted by Crippen LogP contribution is -2.36. The zero-order chi connectivity index (χ0) is 14.6. The zero-order valence-corrected chi connectivity index (χ0v) is 11.8. The van der Waals surface area contributed by atoms with E-state index in [1.807, 2.05) is 30.3 Å². The molecule has 0 aliphatic heterocycles. The maximum atomic E-state index is 11.4. The number of carbonyl (C=O) groups is 1. The van der Waals surface area contributed by atoms with E-state index in [4.69, 9.17) is 10.5 Å². The van der Waals surface area contributed by atoms with Gasteiger partial charge in [-0.3, -0.25) is 4.79 Å². The van der Waals surface area contributed by atoms with E-state index in [-0.39, 0.29) is 5.91 Å². The van der Waals surface area contributed by atoms with Crippen molar-refractivity contribution < 1.29 is 9.53 Å². The molecule has 0 saturated carbocycles. The molecule has 1 aromatic carbocycles. The normalized spacial score (nSPS) is 11.2. The van der Waals surface area contributed by atoms with Crippen LogP contribution < -0.4 is 16.4 Å². The first-order chi connectivity index (χ1) is 9.72. The molecule has 6 nitrogen and oxygen atoms in total. The van der Waals surface area contributed by atoms with Gasteiger partial charge in [-0.15, -0.1) is 0 Å². The van der Waals surface area contributed by atoms with E-state index in [9.17, 15) is 4.79 Å². The molecule has 0 bridgehead atoms. The van der Waals surface area contributed by atoms with Crippen LogP contribution in [0.25, 0.3) is 0 Å². The van der Waals surface area contributed by atoms with E-state index >= 15 is 0 Å². The Morgan fingerprint density at radius 2 is 2.00 bits per heavy atom. The van der Waals surface area contributed by atoms with Crippen LogP contribution in [-0.2, 0) is 16.1 Å². The summed E-state index contributed by atoms with van der Waals surface area (Å²) in [6.07, 6.45) is 0.352. The monoisotopic (exact) mass is 278 g/mol. The van der Waals surface area contributed by atoms with Gasteiger partial charge in [-0.1, -0.05) is 30.3 Å². The molecule has 6 heteroatoms. The third-order valence-corrected chi connectivity index (χ3v) is 2.56. The van der Waals surface area contributed by atoms with Crippen molar-refractivity contribution in [2.24, 2.45) is 10.7 Å². The Labute approximate surface area is 119 Å². The Balaban J connectivity index is 2.16. The lowest BCUT2D eigenvalue weighted by molar-refractivity contribution is -0.121. The molecule has 0 aromatic heterocycles. The third-order valence-electron chi connectivity index (χ3n) is 2.56. The fraction of sp³-hybridized carbons (Fsp3) is 0.429. The SMILES string of the molecule is COCCNC(=O)CCNC(N)=NCc1ccccc1. The van der Waals surface area contributed by atoms with Gasteiger partial charge in [0, 0.05) is 26.6 Å². The summed E-state index contributed by atoms with van der Waals surface area (Å²) >= 11 is 0. The van der Waals surface area contributed by atoms with Crippen LogP contribution in [-0.4, -0.2) is 38.7 Å². The van der Waals surface area contributed by atoms with Crippen molar-refractivity contribution in [1.82, 2.24) is 10.6 Å². The van der Waals surface area contributed by atoms with Gasteiger partial charge in [-0.25, -0.2) is 4.99 Å². The molecular weight excluding hydrogens is 256 g/mol. The number of nitrogens with one attached hydrogen (secondary N) is 2. The van der Waals surface area contributed by atoms with Crippen molar-refractivity contribution in [2.75, 3.05) is 26.8 Å². The van der Waals surface area contributed by atoms with E-state index in [1.54, 1.807) is 7.11 Å². The number of amides is 1. The molecule has 4 N–H and O–H groups in total. The highest BCUT2D eigenvalue weighted by Gasteiger charge is 2.00. The number of aliphatic imine (C=N–C) groups is 1. The maximum Gasteiger partial charge on any atom is 0.221 e. The van der Waals surface area contributed by atoms with Gasteiger partial charge < -0.3 is 21.1 Å². The van der Waals surface area contributed by atoms with Crippen LogP contribution in [0.3, 0.4) is 0 Å². The average molecular weight is 278 g/mol. The van der Waals surface area contributed by atoms with Crippen LogP contribution in [0.15, 0.2) is 35.3 Å². The number of carbonyl (C=O) groups excluding carboxylic acids is 1. The van der Waals surface area contributed by atoms with E-state index < -0.39 is 0 Å². The lowest BCUT2D eigenvalue weighted by atomic mass is 10.2. The molecule has 0 atom stereocenters. The maximum absolute atomic E-state index is 11.4. The molecule has 1 amide bonds. The number of hydrogen-bond acceptors (Lipinski definition) is 3. The number of benzene rings is 1. The molecule has 0 aliphatic rings. The van der Waals surface area contributed by atoms with Crippen LogP contribution in [0.1, 0.15) is 12.0 Å². The fourth-order valence-corrected chi connectivity index (χ4v) is 1.50. The van der Waals surface area contributed by atoms with Crippen LogP contribution in [0.2, 0.25) is 0 Å². The van der Waals surface area contributed by atoms with Crippen LogP contribution in [0, 0.1) is 0 Å². The number of guanidine groups is 1. The number of methoxy groups -OCH3 is 1.